The summed E-state index contributed by atoms with van der Waals surface area (Å²) in [5, 5.41) is 3.07. The van der Waals surface area contributed by atoms with Crippen molar-refractivity contribution in [2.75, 3.05) is 19.8 Å². The van der Waals surface area contributed by atoms with Crippen molar-refractivity contribution in [3.8, 4) is 0 Å². The molecule has 2 aliphatic rings. The van der Waals surface area contributed by atoms with E-state index in [1.807, 2.05) is 35.2 Å². The van der Waals surface area contributed by atoms with Crippen molar-refractivity contribution in [2.24, 2.45) is 5.41 Å². The molecule has 0 spiro atoms. The Morgan fingerprint density at radius 1 is 1.06 bits per heavy atom. The van der Waals surface area contributed by atoms with Crippen molar-refractivity contribution in [2.45, 2.75) is 44.7 Å². The van der Waals surface area contributed by atoms with E-state index < -0.39 is 11.5 Å². The van der Waals surface area contributed by atoms with Crippen LogP contribution in [0.15, 0.2) is 54.6 Å². The highest BCUT2D eigenvalue weighted by molar-refractivity contribution is 5.90. The zero-order chi connectivity index (χ0) is 21.7. The second-order valence-corrected chi connectivity index (χ2v) is 8.61. The summed E-state index contributed by atoms with van der Waals surface area (Å²) in [5.74, 6) is -0.409. The number of piperidine rings is 1. The SMILES string of the molecule is O=C1C(NC(=O)C2(Cc3ccc(F)cc3)CCOCC2)CCCN1Cc1ccccc1. The zero-order valence-electron chi connectivity index (χ0n) is 17.7. The fourth-order valence-corrected chi connectivity index (χ4v) is 4.59. The maximum absolute atomic E-state index is 13.5. The van der Waals surface area contributed by atoms with Crippen LogP contribution in [0, 0.1) is 11.2 Å². The Bertz CT molecular complexity index is 895. The summed E-state index contributed by atoms with van der Waals surface area (Å²) in [6, 6.07) is 15.7. The summed E-state index contributed by atoms with van der Waals surface area (Å²) < 4.78 is 18.8. The van der Waals surface area contributed by atoms with Crippen LogP contribution < -0.4 is 5.32 Å². The number of carbonyl (C=O) groups excluding carboxylic acids is 2. The lowest BCUT2D eigenvalue weighted by atomic mass is 9.74. The topological polar surface area (TPSA) is 58.6 Å². The van der Waals surface area contributed by atoms with Crippen LogP contribution in [0.2, 0.25) is 0 Å². The van der Waals surface area contributed by atoms with E-state index in [1.54, 1.807) is 12.1 Å². The van der Waals surface area contributed by atoms with Crippen LogP contribution in [0.5, 0.6) is 0 Å². The molecule has 1 N–H and O–H groups in total. The summed E-state index contributed by atoms with van der Waals surface area (Å²) in [5.41, 5.74) is 1.36. The molecule has 0 saturated carbocycles. The Morgan fingerprint density at radius 2 is 1.77 bits per heavy atom. The third kappa shape index (κ3) is 5.13. The average Bonchev–Trinajstić information content (AvgIpc) is 2.79. The van der Waals surface area contributed by atoms with Crippen molar-refractivity contribution in [1.82, 2.24) is 10.2 Å². The Kier molecular flexibility index (Phi) is 6.66. The normalized spacial score (nSPS) is 21.0. The Labute approximate surface area is 182 Å². The second kappa shape index (κ2) is 9.60. The van der Waals surface area contributed by atoms with E-state index in [0.717, 1.165) is 17.5 Å². The molecule has 6 heteroatoms. The molecule has 164 valence electrons. The second-order valence-electron chi connectivity index (χ2n) is 8.61. The number of nitrogens with zero attached hydrogens (tertiary/aromatic N) is 1. The van der Waals surface area contributed by atoms with E-state index in [1.165, 1.54) is 12.1 Å². The minimum Gasteiger partial charge on any atom is -0.381 e. The van der Waals surface area contributed by atoms with Gasteiger partial charge in [-0.15, -0.1) is 0 Å². The summed E-state index contributed by atoms with van der Waals surface area (Å²) in [6.07, 6.45) is 3.20. The first-order valence-electron chi connectivity index (χ1n) is 11.0. The number of benzene rings is 2. The van der Waals surface area contributed by atoms with Gasteiger partial charge in [-0.25, -0.2) is 4.39 Å². The first-order valence-corrected chi connectivity index (χ1v) is 11.0. The van der Waals surface area contributed by atoms with Gasteiger partial charge in [-0.3, -0.25) is 9.59 Å². The fraction of sp³-hybridized carbons (Fsp3) is 0.440. The predicted octanol–water partition coefficient (Wildman–Crippen LogP) is 3.47. The molecule has 2 amide bonds. The third-order valence-electron chi connectivity index (χ3n) is 6.44. The third-order valence-corrected chi connectivity index (χ3v) is 6.44. The largest absolute Gasteiger partial charge is 0.381 e. The molecule has 1 atom stereocenters. The van der Waals surface area contributed by atoms with E-state index >= 15 is 0 Å². The highest BCUT2D eigenvalue weighted by atomic mass is 19.1. The Morgan fingerprint density at radius 3 is 2.48 bits per heavy atom. The lowest BCUT2D eigenvalue weighted by molar-refractivity contribution is -0.144. The van der Waals surface area contributed by atoms with E-state index in [9.17, 15) is 14.0 Å². The minimum atomic E-state index is -0.641. The number of carbonyl (C=O) groups is 2. The standard InChI is InChI=1S/C25H29FN2O3/c26-21-10-8-19(9-11-21)17-25(12-15-31-16-13-25)24(30)27-22-7-4-14-28(23(22)29)18-20-5-2-1-3-6-20/h1-3,5-6,8-11,22H,4,7,12-18H2,(H,27,30). The van der Waals surface area contributed by atoms with Crippen LogP contribution in [0.4, 0.5) is 4.39 Å². The molecule has 1 unspecified atom stereocenters. The molecule has 2 aromatic rings. The molecule has 31 heavy (non-hydrogen) atoms. The molecule has 0 aromatic heterocycles. The highest BCUT2D eigenvalue weighted by Gasteiger charge is 2.42. The number of nitrogens with one attached hydrogen (secondary N) is 1. The lowest BCUT2D eigenvalue weighted by Crippen LogP contribution is -2.56. The van der Waals surface area contributed by atoms with Crippen LogP contribution in [0.25, 0.3) is 0 Å². The smallest absolute Gasteiger partial charge is 0.245 e. The van der Waals surface area contributed by atoms with Gasteiger partial charge in [-0.1, -0.05) is 42.5 Å². The van der Waals surface area contributed by atoms with Crippen molar-refractivity contribution in [3.63, 3.8) is 0 Å². The Hall–Kier alpha value is -2.73. The Balaban J connectivity index is 1.46. The quantitative estimate of drug-likeness (QED) is 0.773. The number of amides is 2. The van der Waals surface area contributed by atoms with E-state index in [4.69, 9.17) is 4.74 Å². The number of rotatable bonds is 6. The molecule has 2 heterocycles. The molecule has 2 aliphatic heterocycles. The maximum atomic E-state index is 13.5. The van der Waals surface area contributed by atoms with Crippen molar-refractivity contribution in [3.05, 3.63) is 71.5 Å². The molecule has 4 rings (SSSR count). The molecule has 0 aliphatic carbocycles. The molecule has 2 fully saturated rings. The number of likely N-dealkylation sites (tertiary alicyclic amines) is 1. The molecular weight excluding hydrogens is 395 g/mol. The van der Waals surface area contributed by atoms with Gasteiger partial charge in [0, 0.05) is 26.3 Å². The van der Waals surface area contributed by atoms with Crippen LogP contribution >= 0.6 is 0 Å². The first-order chi connectivity index (χ1) is 15.1. The van der Waals surface area contributed by atoms with Gasteiger partial charge in [0.1, 0.15) is 11.9 Å². The molecule has 0 radical (unpaired) electrons. The van der Waals surface area contributed by atoms with Gasteiger partial charge < -0.3 is 15.0 Å². The average molecular weight is 425 g/mol. The molecule has 0 bridgehead atoms. The maximum Gasteiger partial charge on any atom is 0.245 e. The molecule has 2 saturated heterocycles. The van der Waals surface area contributed by atoms with Gasteiger partial charge in [-0.2, -0.15) is 0 Å². The van der Waals surface area contributed by atoms with Crippen molar-refractivity contribution < 1.29 is 18.7 Å². The van der Waals surface area contributed by atoms with Gasteiger partial charge in [0.15, 0.2) is 0 Å². The van der Waals surface area contributed by atoms with Crippen molar-refractivity contribution in [1.29, 1.82) is 0 Å². The van der Waals surface area contributed by atoms with Gasteiger partial charge in [-0.05, 0) is 55.4 Å². The number of hydrogen-bond acceptors (Lipinski definition) is 3. The number of ether oxygens (including phenoxy) is 1. The van der Waals surface area contributed by atoms with Gasteiger partial charge in [0.25, 0.3) is 0 Å². The van der Waals surface area contributed by atoms with Crippen LogP contribution in [0.1, 0.15) is 36.8 Å². The molecular formula is C25H29FN2O3. The highest BCUT2D eigenvalue weighted by Crippen LogP contribution is 2.35. The minimum absolute atomic E-state index is 0.0209. The van der Waals surface area contributed by atoms with Gasteiger partial charge >= 0.3 is 0 Å². The summed E-state index contributed by atoms with van der Waals surface area (Å²) in [7, 11) is 0. The van der Waals surface area contributed by atoms with Gasteiger partial charge in [0.05, 0.1) is 5.41 Å². The summed E-state index contributed by atoms with van der Waals surface area (Å²) in [6.45, 7) is 2.27. The van der Waals surface area contributed by atoms with Crippen LogP contribution in [-0.2, 0) is 27.3 Å². The number of hydrogen-bond donors (Lipinski definition) is 1. The summed E-state index contributed by atoms with van der Waals surface area (Å²) >= 11 is 0. The van der Waals surface area contributed by atoms with Crippen LogP contribution in [-0.4, -0.2) is 42.5 Å². The van der Waals surface area contributed by atoms with E-state index in [-0.39, 0.29) is 17.6 Å². The monoisotopic (exact) mass is 424 g/mol. The molecule has 5 nitrogen and oxygen atoms in total. The van der Waals surface area contributed by atoms with E-state index in [2.05, 4.69) is 5.32 Å². The van der Waals surface area contributed by atoms with Crippen LogP contribution in [0.3, 0.4) is 0 Å². The van der Waals surface area contributed by atoms with E-state index in [0.29, 0.717) is 52.0 Å². The number of halogens is 1. The zero-order valence-corrected chi connectivity index (χ0v) is 17.7. The van der Waals surface area contributed by atoms with Crippen molar-refractivity contribution >= 4 is 11.8 Å². The lowest BCUT2D eigenvalue weighted by Gasteiger charge is -2.39. The van der Waals surface area contributed by atoms with Gasteiger partial charge in [0.2, 0.25) is 11.8 Å². The predicted molar refractivity (Wildman–Crippen MR) is 116 cm³/mol. The molecule has 2 aromatic carbocycles. The summed E-state index contributed by atoms with van der Waals surface area (Å²) in [4.78, 5) is 28.4. The fourth-order valence-electron chi connectivity index (χ4n) is 4.59. The first kappa shape index (κ1) is 21.5.